The van der Waals surface area contributed by atoms with Crippen LogP contribution >= 0.6 is 22.2 Å². The van der Waals surface area contributed by atoms with Crippen LogP contribution in [0.1, 0.15) is 50.5 Å². The molecule has 33 heavy (non-hydrogen) atoms. The molecule has 0 aromatic heterocycles. The molecule has 8 heteroatoms. The Bertz CT molecular complexity index is 971. The average Bonchev–Trinajstić information content (AvgIpc) is 3.61. The standard InChI is InChI=1S/C25H33ClN2O4S/c1-2-28(21-11-13-33(31,32)14-12-21)24-10-5-18(22(16-25(29)30)17-3-4-17)15-23(24)27-20-8-6-19(26)7-9-20/h5-10,15,17,21-22,27,31-32H,2-4,11-14,16H2,1H3,(H,29,30). The topological polar surface area (TPSA) is 93.0 Å². The van der Waals surface area contributed by atoms with Crippen LogP contribution in [0.15, 0.2) is 42.5 Å². The molecule has 1 unspecified atom stereocenters. The third kappa shape index (κ3) is 6.15. The first kappa shape index (κ1) is 24.2. The van der Waals surface area contributed by atoms with Crippen LogP contribution in [0.3, 0.4) is 0 Å². The number of hydrogen-bond acceptors (Lipinski definition) is 5. The van der Waals surface area contributed by atoms with Gasteiger partial charge in [-0.15, -0.1) is 0 Å². The van der Waals surface area contributed by atoms with Gasteiger partial charge in [0.05, 0.1) is 17.8 Å². The van der Waals surface area contributed by atoms with E-state index in [0.29, 0.717) is 22.4 Å². The summed E-state index contributed by atoms with van der Waals surface area (Å²) in [5.41, 5.74) is 3.94. The zero-order valence-electron chi connectivity index (χ0n) is 18.9. The van der Waals surface area contributed by atoms with Gasteiger partial charge in [-0.3, -0.25) is 13.9 Å². The van der Waals surface area contributed by atoms with Crippen molar-refractivity contribution in [3.05, 3.63) is 53.1 Å². The Morgan fingerprint density at radius 3 is 2.36 bits per heavy atom. The number of carboxylic acid groups (broad SMARTS) is 1. The average molecular weight is 493 g/mol. The van der Waals surface area contributed by atoms with Crippen molar-refractivity contribution in [3.8, 4) is 0 Å². The fourth-order valence-corrected chi connectivity index (χ4v) is 6.53. The molecule has 4 rings (SSSR count). The predicted octanol–water partition coefficient (Wildman–Crippen LogP) is 6.79. The van der Waals surface area contributed by atoms with E-state index in [0.717, 1.165) is 54.9 Å². The minimum absolute atomic E-state index is 0.0140. The number of anilines is 3. The quantitative estimate of drug-likeness (QED) is 0.308. The fraction of sp³-hybridized carbons (Fsp3) is 0.480. The zero-order chi connectivity index (χ0) is 23.6. The number of halogens is 1. The summed E-state index contributed by atoms with van der Waals surface area (Å²) in [6.45, 7) is 2.91. The van der Waals surface area contributed by atoms with Gasteiger partial charge in [-0.2, -0.15) is 10.6 Å². The normalized spacial score (nSPS) is 20.1. The molecule has 1 saturated carbocycles. The molecule has 0 spiro atoms. The minimum atomic E-state index is -2.44. The van der Waals surface area contributed by atoms with Crippen LogP contribution in [0.2, 0.25) is 5.02 Å². The summed E-state index contributed by atoms with van der Waals surface area (Å²) in [6.07, 6.45) is 3.77. The third-order valence-corrected chi connectivity index (χ3v) is 8.84. The largest absolute Gasteiger partial charge is 0.481 e. The van der Waals surface area contributed by atoms with Gasteiger partial charge in [-0.1, -0.05) is 17.7 Å². The fourth-order valence-electron chi connectivity index (χ4n) is 4.90. The molecule has 0 radical (unpaired) electrons. The van der Waals surface area contributed by atoms with Gasteiger partial charge >= 0.3 is 5.97 Å². The summed E-state index contributed by atoms with van der Waals surface area (Å²) in [6, 6.07) is 14.1. The first-order valence-electron chi connectivity index (χ1n) is 11.6. The lowest BCUT2D eigenvalue weighted by Gasteiger charge is -2.44. The van der Waals surface area contributed by atoms with Gasteiger partial charge in [-0.25, -0.2) is 0 Å². The number of carbonyl (C=O) groups is 1. The van der Waals surface area contributed by atoms with Crippen LogP contribution in [0, 0.1) is 5.92 Å². The van der Waals surface area contributed by atoms with Gasteiger partial charge in [0.15, 0.2) is 0 Å². The molecule has 1 aliphatic heterocycles. The number of aliphatic carboxylic acids is 1. The van der Waals surface area contributed by atoms with Crippen LogP contribution in [-0.4, -0.2) is 44.3 Å². The van der Waals surface area contributed by atoms with Crippen LogP contribution in [0.4, 0.5) is 17.1 Å². The van der Waals surface area contributed by atoms with E-state index in [9.17, 15) is 19.0 Å². The second-order valence-corrected chi connectivity index (χ2v) is 12.0. The van der Waals surface area contributed by atoms with Crippen molar-refractivity contribution in [2.75, 3.05) is 28.3 Å². The van der Waals surface area contributed by atoms with Crippen molar-refractivity contribution < 1.29 is 19.0 Å². The summed E-state index contributed by atoms with van der Waals surface area (Å²) in [4.78, 5) is 13.9. The highest BCUT2D eigenvalue weighted by Crippen LogP contribution is 2.48. The first-order chi connectivity index (χ1) is 15.8. The van der Waals surface area contributed by atoms with Crippen molar-refractivity contribution in [1.82, 2.24) is 0 Å². The Hall–Kier alpha value is -1.93. The summed E-state index contributed by atoms with van der Waals surface area (Å²) >= 11 is 6.07. The summed E-state index contributed by atoms with van der Waals surface area (Å²) < 4.78 is 20.1. The van der Waals surface area contributed by atoms with Gasteiger partial charge in [0.2, 0.25) is 0 Å². The van der Waals surface area contributed by atoms with E-state index < -0.39 is 16.6 Å². The monoisotopic (exact) mass is 492 g/mol. The maximum Gasteiger partial charge on any atom is 0.303 e. The van der Waals surface area contributed by atoms with E-state index >= 15 is 0 Å². The molecule has 1 atom stereocenters. The summed E-state index contributed by atoms with van der Waals surface area (Å²) in [5.74, 6) is 0.559. The van der Waals surface area contributed by atoms with E-state index in [4.69, 9.17) is 11.6 Å². The van der Waals surface area contributed by atoms with Gasteiger partial charge < -0.3 is 15.3 Å². The Kier molecular flexibility index (Phi) is 7.43. The zero-order valence-corrected chi connectivity index (χ0v) is 20.5. The molecular formula is C25H33ClN2O4S. The number of rotatable bonds is 9. The number of nitrogens with zero attached hydrogens (tertiary/aromatic N) is 1. The lowest BCUT2D eigenvalue weighted by atomic mass is 9.90. The van der Waals surface area contributed by atoms with E-state index in [-0.39, 0.29) is 18.4 Å². The van der Waals surface area contributed by atoms with Crippen LogP contribution in [0.5, 0.6) is 0 Å². The molecule has 2 aromatic carbocycles. The highest BCUT2D eigenvalue weighted by molar-refractivity contribution is 8.24. The molecule has 180 valence electrons. The van der Waals surface area contributed by atoms with Crippen molar-refractivity contribution in [2.24, 2.45) is 5.92 Å². The van der Waals surface area contributed by atoms with E-state index in [1.807, 2.05) is 24.3 Å². The molecule has 2 fully saturated rings. The minimum Gasteiger partial charge on any atom is -0.481 e. The highest BCUT2D eigenvalue weighted by atomic mass is 35.5. The van der Waals surface area contributed by atoms with Crippen LogP contribution < -0.4 is 10.2 Å². The molecule has 0 amide bonds. The number of nitrogens with one attached hydrogen (secondary N) is 1. The molecule has 0 bridgehead atoms. The van der Waals surface area contributed by atoms with Crippen molar-refractivity contribution in [2.45, 2.75) is 51.0 Å². The van der Waals surface area contributed by atoms with Gasteiger partial charge in [-0.05, 0) is 86.4 Å². The maximum absolute atomic E-state index is 11.5. The van der Waals surface area contributed by atoms with E-state index in [1.165, 1.54) is 0 Å². The van der Waals surface area contributed by atoms with Gasteiger partial charge in [0.25, 0.3) is 0 Å². The van der Waals surface area contributed by atoms with E-state index in [1.54, 1.807) is 0 Å². The molecule has 1 saturated heterocycles. The SMILES string of the molecule is CCN(c1ccc(C(CC(=O)O)C2CC2)cc1Nc1ccc(Cl)cc1)C1CCS(O)(O)CC1. The lowest BCUT2D eigenvalue weighted by Crippen LogP contribution is -2.40. The second kappa shape index (κ2) is 10.1. The predicted molar refractivity (Wildman–Crippen MR) is 138 cm³/mol. The molecule has 2 aromatic rings. The first-order valence-corrected chi connectivity index (χ1v) is 13.9. The van der Waals surface area contributed by atoms with Crippen molar-refractivity contribution in [1.29, 1.82) is 0 Å². The maximum atomic E-state index is 11.5. The number of hydrogen-bond donors (Lipinski definition) is 4. The Balaban J connectivity index is 1.68. The second-order valence-electron chi connectivity index (χ2n) is 9.18. The van der Waals surface area contributed by atoms with Crippen molar-refractivity contribution >= 4 is 45.2 Å². The van der Waals surface area contributed by atoms with Crippen molar-refractivity contribution in [3.63, 3.8) is 0 Å². The highest BCUT2D eigenvalue weighted by Gasteiger charge is 2.35. The summed E-state index contributed by atoms with van der Waals surface area (Å²) in [7, 11) is -2.44. The van der Waals surface area contributed by atoms with Crippen LogP contribution in [-0.2, 0) is 4.79 Å². The lowest BCUT2D eigenvalue weighted by molar-refractivity contribution is -0.137. The Morgan fingerprint density at radius 1 is 1.12 bits per heavy atom. The molecule has 6 nitrogen and oxygen atoms in total. The van der Waals surface area contributed by atoms with Crippen LogP contribution in [0.25, 0.3) is 0 Å². The number of carboxylic acids is 1. The Morgan fingerprint density at radius 2 is 1.79 bits per heavy atom. The molecule has 4 N–H and O–H groups in total. The Labute approximate surface area is 202 Å². The van der Waals surface area contributed by atoms with E-state index in [2.05, 4.69) is 35.3 Å². The molecule has 1 heterocycles. The van der Waals surface area contributed by atoms with Gasteiger partial charge in [0.1, 0.15) is 0 Å². The smallest absolute Gasteiger partial charge is 0.303 e. The molecular weight excluding hydrogens is 460 g/mol. The summed E-state index contributed by atoms with van der Waals surface area (Å²) in [5, 5.41) is 13.7. The number of benzene rings is 2. The molecule has 2 aliphatic rings. The third-order valence-electron chi connectivity index (χ3n) is 6.80. The molecule has 1 aliphatic carbocycles. The van der Waals surface area contributed by atoms with Gasteiger partial charge in [0, 0.05) is 34.8 Å².